The van der Waals surface area contributed by atoms with Crippen LogP contribution in [0.2, 0.25) is 0 Å². The minimum absolute atomic E-state index is 0.400. The molecule has 0 aliphatic heterocycles. The summed E-state index contributed by atoms with van der Waals surface area (Å²) in [5.74, 6) is 0. The monoisotopic (exact) mass is 267 g/mol. The van der Waals surface area contributed by atoms with Crippen LogP contribution < -0.4 is 4.72 Å². The fourth-order valence-corrected chi connectivity index (χ4v) is 2.32. The van der Waals surface area contributed by atoms with Crippen LogP contribution in [-0.4, -0.2) is 43.2 Å². The second-order valence-electron chi connectivity index (χ2n) is 2.81. The highest BCUT2D eigenvalue weighted by molar-refractivity contribution is 7.99. The Bertz CT molecular complexity index is 286. The lowest BCUT2D eigenvalue weighted by molar-refractivity contribution is -0.0450. The summed E-state index contributed by atoms with van der Waals surface area (Å²) in [7, 11) is -5.34. The molecule has 0 aliphatic rings. The van der Waals surface area contributed by atoms with E-state index in [1.54, 1.807) is 6.26 Å². The number of sulfonamides is 1. The number of aliphatic hydroxyl groups excluding tert-OH is 1. The average Bonchev–Trinajstić information content (AvgIpc) is 2.03. The Morgan fingerprint density at radius 3 is 2.20 bits per heavy atom. The molecule has 0 saturated carbocycles. The third-order valence-electron chi connectivity index (χ3n) is 1.69. The third kappa shape index (κ3) is 4.17. The molecule has 0 rings (SSSR count). The predicted octanol–water partition coefficient (Wildman–Crippen LogP) is 0.538. The van der Waals surface area contributed by atoms with E-state index in [0.29, 0.717) is 0 Å². The van der Waals surface area contributed by atoms with Crippen LogP contribution in [0.1, 0.15) is 6.92 Å². The highest BCUT2D eigenvalue weighted by atomic mass is 32.2. The van der Waals surface area contributed by atoms with Crippen molar-refractivity contribution in [2.45, 2.75) is 23.7 Å². The van der Waals surface area contributed by atoms with Gasteiger partial charge in [-0.1, -0.05) is 0 Å². The highest BCUT2D eigenvalue weighted by Gasteiger charge is 2.46. The fourth-order valence-electron chi connectivity index (χ4n) is 0.824. The van der Waals surface area contributed by atoms with Gasteiger partial charge in [0.15, 0.2) is 0 Å². The van der Waals surface area contributed by atoms with Crippen LogP contribution in [0.25, 0.3) is 0 Å². The number of hydrogen-bond donors (Lipinski definition) is 2. The van der Waals surface area contributed by atoms with Gasteiger partial charge in [0.1, 0.15) is 0 Å². The number of aliphatic hydroxyl groups is 1. The number of halogens is 3. The van der Waals surface area contributed by atoms with Crippen LogP contribution in [0.3, 0.4) is 0 Å². The maximum atomic E-state index is 11.9. The van der Waals surface area contributed by atoms with Gasteiger partial charge in [0.05, 0.1) is 6.61 Å². The van der Waals surface area contributed by atoms with E-state index < -0.39 is 33.4 Å². The largest absolute Gasteiger partial charge is 0.511 e. The van der Waals surface area contributed by atoms with Gasteiger partial charge in [0.2, 0.25) is 0 Å². The Kier molecular flexibility index (Phi) is 5.38. The van der Waals surface area contributed by atoms with Gasteiger partial charge in [-0.15, -0.1) is 0 Å². The van der Waals surface area contributed by atoms with Crippen molar-refractivity contribution in [3.05, 3.63) is 0 Å². The molecular formula is C6H12F3NO3S2. The summed E-state index contributed by atoms with van der Waals surface area (Å²) in [4.78, 5) is 0. The summed E-state index contributed by atoms with van der Waals surface area (Å²) in [6, 6.07) is -0.989. The first-order chi connectivity index (χ1) is 6.65. The van der Waals surface area contributed by atoms with Crippen molar-refractivity contribution < 1.29 is 26.7 Å². The SMILES string of the molecule is CSC(CO)C(C)NS(=O)(=O)C(F)(F)F. The lowest BCUT2D eigenvalue weighted by atomic mass is 10.3. The predicted molar refractivity (Wildman–Crippen MR) is 52.0 cm³/mol. The van der Waals surface area contributed by atoms with Crippen molar-refractivity contribution in [1.29, 1.82) is 0 Å². The normalized spacial score (nSPS) is 17.5. The smallest absolute Gasteiger partial charge is 0.395 e. The Balaban J connectivity index is 4.61. The van der Waals surface area contributed by atoms with Crippen LogP contribution in [0.5, 0.6) is 0 Å². The molecule has 15 heavy (non-hydrogen) atoms. The van der Waals surface area contributed by atoms with Crippen LogP contribution >= 0.6 is 11.8 Å². The van der Waals surface area contributed by atoms with Crippen LogP contribution in [0.15, 0.2) is 0 Å². The minimum Gasteiger partial charge on any atom is -0.395 e. The van der Waals surface area contributed by atoms with Gasteiger partial charge in [-0.3, -0.25) is 0 Å². The highest BCUT2D eigenvalue weighted by Crippen LogP contribution is 2.23. The second kappa shape index (κ2) is 5.37. The van der Waals surface area contributed by atoms with Crippen molar-refractivity contribution in [3.63, 3.8) is 0 Å². The molecular weight excluding hydrogens is 255 g/mol. The van der Waals surface area contributed by atoms with Gasteiger partial charge in [-0.25, -0.2) is 13.1 Å². The lowest BCUT2D eigenvalue weighted by Crippen LogP contribution is -2.46. The molecule has 0 aliphatic carbocycles. The van der Waals surface area contributed by atoms with Gasteiger partial charge >= 0.3 is 15.5 Å². The number of alkyl halides is 3. The molecule has 0 spiro atoms. The molecule has 0 saturated heterocycles. The van der Waals surface area contributed by atoms with E-state index in [-0.39, 0.29) is 0 Å². The second-order valence-corrected chi connectivity index (χ2v) is 5.59. The van der Waals surface area contributed by atoms with Crippen molar-refractivity contribution in [2.24, 2.45) is 0 Å². The lowest BCUT2D eigenvalue weighted by Gasteiger charge is -2.21. The zero-order chi connectivity index (χ0) is 12.3. The molecule has 0 bridgehead atoms. The fraction of sp³-hybridized carbons (Fsp3) is 1.00. The first-order valence-electron chi connectivity index (χ1n) is 3.88. The number of nitrogens with one attached hydrogen (secondary N) is 1. The van der Waals surface area contributed by atoms with Gasteiger partial charge in [0.25, 0.3) is 0 Å². The Morgan fingerprint density at radius 1 is 1.47 bits per heavy atom. The molecule has 92 valence electrons. The summed E-state index contributed by atoms with van der Waals surface area (Å²) in [5.41, 5.74) is -5.32. The van der Waals surface area contributed by atoms with Gasteiger partial charge < -0.3 is 5.11 Å². The summed E-state index contributed by atoms with van der Waals surface area (Å²) < 4.78 is 58.6. The molecule has 0 aromatic carbocycles. The first-order valence-corrected chi connectivity index (χ1v) is 6.65. The van der Waals surface area contributed by atoms with Crippen LogP contribution in [0, 0.1) is 0 Å². The number of rotatable bonds is 5. The van der Waals surface area contributed by atoms with Crippen molar-refractivity contribution >= 4 is 21.8 Å². The van der Waals surface area contributed by atoms with Gasteiger partial charge in [0, 0.05) is 11.3 Å². The zero-order valence-electron chi connectivity index (χ0n) is 8.08. The van der Waals surface area contributed by atoms with Gasteiger partial charge in [-0.05, 0) is 13.2 Å². The molecule has 0 radical (unpaired) electrons. The number of thioether (sulfide) groups is 1. The number of hydrogen-bond acceptors (Lipinski definition) is 4. The standard InChI is InChI=1S/C6H12F3NO3S2/c1-4(5(3-11)14-2)10-15(12,13)6(7,8)9/h4-5,10-11H,3H2,1-2H3. The van der Waals surface area contributed by atoms with E-state index >= 15 is 0 Å². The molecule has 2 unspecified atom stereocenters. The van der Waals surface area contributed by atoms with Crippen molar-refractivity contribution in [2.75, 3.05) is 12.9 Å². The van der Waals surface area contributed by atoms with E-state index in [0.717, 1.165) is 11.8 Å². The summed E-state index contributed by atoms with van der Waals surface area (Å²) in [6.07, 6.45) is 1.57. The van der Waals surface area contributed by atoms with Crippen LogP contribution in [-0.2, 0) is 10.0 Å². The summed E-state index contributed by atoms with van der Waals surface area (Å²) in [5, 5.41) is 8.15. The maximum absolute atomic E-state index is 11.9. The average molecular weight is 267 g/mol. The zero-order valence-corrected chi connectivity index (χ0v) is 9.71. The van der Waals surface area contributed by atoms with E-state index in [4.69, 9.17) is 5.11 Å². The molecule has 0 fully saturated rings. The van der Waals surface area contributed by atoms with Gasteiger partial charge in [-0.2, -0.15) is 24.9 Å². The molecule has 0 heterocycles. The first kappa shape index (κ1) is 15.0. The molecule has 0 amide bonds. The van der Waals surface area contributed by atoms with E-state index in [1.165, 1.54) is 11.6 Å². The van der Waals surface area contributed by atoms with Crippen LogP contribution in [0.4, 0.5) is 13.2 Å². The Labute approximate surface area is 90.3 Å². The van der Waals surface area contributed by atoms with E-state index in [1.807, 2.05) is 0 Å². The topological polar surface area (TPSA) is 66.4 Å². The van der Waals surface area contributed by atoms with Crippen molar-refractivity contribution in [1.82, 2.24) is 4.72 Å². The molecule has 0 aromatic rings. The molecule has 2 N–H and O–H groups in total. The molecule has 2 atom stereocenters. The quantitative estimate of drug-likeness (QED) is 0.763. The molecule has 4 nitrogen and oxygen atoms in total. The molecule has 9 heteroatoms. The maximum Gasteiger partial charge on any atom is 0.511 e. The summed E-state index contributed by atoms with van der Waals surface area (Å²) >= 11 is 1.09. The Morgan fingerprint density at radius 2 is 1.93 bits per heavy atom. The van der Waals surface area contributed by atoms with E-state index in [9.17, 15) is 21.6 Å². The third-order valence-corrected chi connectivity index (χ3v) is 4.14. The van der Waals surface area contributed by atoms with Crippen molar-refractivity contribution in [3.8, 4) is 0 Å². The molecule has 0 aromatic heterocycles. The Hall–Kier alpha value is 0.01000. The van der Waals surface area contributed by atoms with E-state index in [2.05, 4.69) is 0 Å². The summed E-state index contributed by atoms with van der Waals surface area (Å²) in [6.45, 7) is 0.864. The minimum atomic E-state index is -5.34.